The number of aliphatic hydroxyl groups is 1. The summed E-state index contributed by atoms with van der Waals surface area (Å²) in [6.07, 6.45) is 1.52. The van der Waals surface area contributed by atoms with Crippen LogP contribution in [0.15, 0.2) is 18.3 Å². The minimum absolute atomic E-state index is 0.0745. The summed E-state index contributed by atoms with van der Waals surface area (Å²) >= 11 is 0. The molecule has 5 heteroatoms. The molecule has 1 aromatic heterocycles. The molecule has 1 amide bonds. The summed E-state index contributed by atoms with van der Waals surface area (Å²) in [4.78, 5) is 17.6. The van der Waals surface area contributed by atoms with E-state index in [0.717, 1.165) is 5.82 Å². The van der Waals surface area contributed by atoms with Crippen molar-refractivity contribution in [2.24, 2.45) is 0 Å². The Morgan fingerprint density at radius 3 is 2.69 bits per heavy atom. The van der Waals surface area contributed by atoms with Gasteiger partial charge < -0.3 is 15.3 Å². The Balaban J connectivity index is 2.70. The van der Waals surface area contributed by atoms with E-state index in [-0.39, 0.29) is 18.6 Å². The first-order valence-electron chi connectivity index (χ1n) is 5.09. The summed E-state index contributed by atoms with van der Waals surface area (Å²) < 4.78 is 0. The van der Waals surface area contributed by atoms with Gasteiger partial charge >= 0.3 is 0 Å². The fourth-order valence-corrected chi connectivity index (χ4v) is 1.14. The van der Waals surface area contributed by atoms with Gasteiger partial charge in [0.25, 0.3) is 5.91 Å². The number of nitrogens with one attached hydrogen (secondary N) is 1. The first-order valence-corrected chi connectivity index (χ1v) is 5.09. The van der Waals surface area contributed by atoms with Gasteiger partial charge in [-0.2, -0.15) is 0 Å². The number of hydrogen-bond acceptors (Lipinski definition) is 4. The van der Waals surface area contributed by atoms with Crippen LogP contribution in [-0.4, -0.2) is 42.7 Å². The lowest BCUT2D eigenvalue weighted by molar-refractivity contribution is 0.0922. The van der Waals surface area contributed by atoms with Gasteiger partial charge in [0.1, 0.15) is 5.82 Å². The van der Waals surface area contributed by atoms with Gasteiger partial charge in [0.05, 0.1) is 12.2 Å². The molecular formula is C11H17N3O2. The number of amides is 1. The van der Waals surface area contributed by atoms with Gasteiger partial charge in [-0.3, -0.25) is 4.79 Å². The second-order valence-electron chi connectivity index (χ2n) is 3.86. The Hall–Kier alpha value is -1.62. The third-order valence-corrected chi connectivity index (χ3v) is 2.12. The van der Waals surface area contributed by atoms with Gasteiger partial charge in [0.2, 0.25) is 0 Å². The van der Waals surface area contributed by atoms with Crippen molar-refractivity contribution >= 4 is 11.7 Å². The van der Waals surface area contributed by atoms with E-state index < -0.39 is 0 Å². The smallest absolute Gasteiger partial charge is 0.253 e. The van der Waals surface area contributed by atoms with Crippen LogP contribution in [0.2, 0.25) is 0 Å². The van der Waals surface area contributed by atoms with E-state index in [0.29, 0.717) is 5.56 Å². The van der Waals surface area contributed by atoms with Crippen molar-refractivity contribution in [3.63, 3.8) is 0 Å². The summed E-state index contributed by atoms with van der Waals surface area (Å²) in [7, 11) is 3.77. The van der Waals surface area contributed by atoms with Crippen molar-refractivity contribution < 1.29 is 9.90 Å². The van der Waals surface area contributed by atoms with Crippen LogP contribution in [0.25, 0.3) is 0 Å². The second-order valence-corrected chi connectivity index (χ2v) is 3.86. The average Bonchev–Trinajstić information content (AvgIpc) is 2.28. The summed E-state index contributed by atoms with van der Waals surface area (Å²) in [6.45, 7) is 1.66. The molecule has 1 heterocycles. The van der Waals surface area contributed by atoms with Crippen molar-refractivity contribution in [3.05, 3.63) is 23.9 Å². The van der Waals surface area contributed by atoms with Gasteiger partial charge in [-0.05, 0) is 19.1 Å². The number of aromatic nitrogens is 1. The van der Waals surface area contributed by atoms with Crippen LogP contribution in [0, 0.1) is 0 Å². The molecule has 5 nitrogen and oxygen atoms in total. The molecule has 0 fully saturated rings. The first-order chi connectivity index (χ1) is 7.54. The van der Waals surface area contributed by atoms with Crippen LogP contribution in [0.1, 0.15) is 17.3 Å². The van der Waals surface area contributed by atoms with E-state index in [9.17, 15) is 4.79 Å². The number of anilines is 1. The van der Waals surface area contributed by atoms with Crippen molar-refractivity contribution in [2.45, 2.75) is 13.0 Å². The van der Waals surface area contributed by atoms with E-state index in [1.807, 2.05) is 19.0 Å². The molecule has 0 unspecified atom stereocenters. The highest BCUT2D eigenvalue weighted by atomic mass is 16.3. The van der Waals surface area contributed by atoms with Gasteiger partial charge in [0.15, 0.2) is 0 Å². The molecule has 0 bridgehead atoms. The Morgan fingerprint density at radius 1 is 1.56 bits per heavy atom. The molecule has 2 N–H and O–H groups in total. The van der Waals surface area contributed by atoms with Gasteiger partial charge in [-0.1, -0.05) is 0 Å². The molecule has 0 radical (unpaired) electrons. The normalized spacial score (nSPS) is 12.0. The zero-order chi connectivity index (χ0) is 12.1. The largest absolute Gasteiger partial charge is 0.394 e. The Labute approximate surface area is 95.1 Å². The second kappa shape index (κ2) is 5.46. The maximum atomic E-state index is 11.6. The fraction of sp³-hybridized carbons (Fsp3) is 0.455. The first kappa shape index (κ1) is 12.4. The lowest BCUT2D eigenvalue weighted by atomic mass is 10.2. The van der Waals surface area contributed by atoms with Crippen molar-refractivity contribution in [1.29, 1.82) is 0 Å². The summed E-state index contributed by atoms with van der Waals surface area (Å²) in [6, 6.07) is 3.24. The molecule has 0 aromatic carbocycles. The van der Waals surface area contributed by atoms with E-state index in [1.165, 1.54) is 6.20 Å². The number of carbonyl (C=O) groups excluding carboxylic acids is 1. The van der Waals surface area contributed by atoms with Crippen LogP contribution < -0.4 is 10.2 Å². The molecule has 0 saturated heterocycles. The molecule has 88 valence electrons. The maximum Gasteiger partial charge on any atom is 0.253 e. The Kier molecular flexibility index (Phi) is 4.25. The molecule has 1 rings (SSSR count). The predicted molar refractivity (Wildman–Crippen MR) is 62.6 cm³/mol. The molecule has 1 aromatic rings. The topological polar surface area (TPSA) is 65.5 Å². The molecule has 0 saturated carbocycles. The number of aliphatic hydroxyl groups excluding tert-OH is 1. The zero-order valence-electron chi connectivity index (χ0n) is 9.77. The average molecular weight is 223 g/mol. The van der Waals surface area contributed by atoms with Crippen LogP contribution in [-0.2, 0) is 0 Å². The minimum atomic E-state index is -0.249. The van der Waals surface area contributed by atoms with E-state index >= 15 is 0 Å². The molecule has 16 heavy (non-hydrogen) atoms. The Bertz CT molecular complexity index is 349. The van der Waals surface area contributed by atoms with Crippen molar-refractivity contribution in [1.82, 2.24) is 10.3 Å². The summed E-state index contributed by atoms with van der Waals surface area (Å²) in [5.41, 5.74) is 0.492. The SMILES string of the molecule is C[C@H](CO)NC(=O)c1ccc(N(C)C)nc1. The van der Waals surface area contributed by atoms with Crippen LogP contribution in [0.4, 0.5) is 5.82 Å². The maximum absolute atomic E-state index is 11.6. The van der Waals surface area contributed by atoms with Crippen molar-refractivity contribution in [2.75, 3.05) is 25.6 Å². The number of hydrogen-bond donors (Lipinski definition) is 2. The molecule has 1 atom stereocenters. The van der Waals surface area contributed by atoms with Crippen LogP contribution in [0.3, 0.4) is 0 Å². The highest BCUT2D eigenvalue weighted by molar-refractivity contribution is 5.94. The Morgan fingerprint density at radius 2 is 2.25 bits per heavy atom. The lowest BCUT2D eigenvalue weighted by Crippen LogP contribution is -2.35. The number of nitrogens with zero attached hydrogens (tertiary/aromatic N) is 2. The fourth-order valence-electron chi connectivity index (χ4n) is 1.14. The summed E-state index contributed by atoms with van der Waals surface area (Å²) in [5.74, 6) is 0.575. The molecular weight excluding hydrogens is 206 g/mol. The van der Waals surface area contributed by atoms with E-state index in [4.69, 9.17) is 5.11 Å². The number of pyridine rings is 1. The summed E-state index contributed by atoms with van der Waals surface area (Å²) in [5, 5.41) is 11.5. The highest BCUT2D eigenvalue weighted by Crippen LogP contribution is 2.07. The quantitative estimate of drug-likeness (QED) is 0.768. The van der Waals surface area contributed by atoms with Gasteiger partial charge in [-0.15, -0.1) is 0 Å². The van der Waals surface area contributed by atoms with Crippen LogP contribution >= 0.6 is 0 Å². The van der Waals surface area contributed by atoms with Crippen molar-refractivity contribution in [3.8, 4) is 0 Å². The predicted octanol–water partition coefficient (Wildman–Crippen LogP) is 0.258. The molecule has 0 aliphatic rings. The van der Waals surface area contributed by atoms with Gasteiger partial charge in [0, 0.05) is 26.3 Å². The van der Waals surface area contributed by atoms with Gasteiger partial charge in [-0.25, -0.2) is 4.98 Å². The van der Waals surface area contributed by atoms with E-state index in [1.54, 1.807) is 19.1 Å². The molecule has 0 aliphatic carbocycles. The lowest BCUT2D eigenvalue weighted by Gasteiger charge is -2.13. The third kappa shape index (κ3) is 3.20. The van der Waals surface area contributed by atoms with Crippen LogP contribution in [0.5, 0.6) is 0 Å². The standard InChI is InChI=1S/C11H17N3O2/c1-8(7-15)13-11(16)9-4-5-10(12-6-9)14(2)3/h4-6,8,15H,7H2,1-3H3,(H,13,16)/t8-/m1/s1. The van der Waals surface area contributed by atoms with E-state index in [2.05, 4.69) is 10.3 Å². The zero-order valence-corrected chi connectivity index (χ0v) is 9.77. The molecule has 0 aliphatic heterocycles. The number of rotatable bonds is 4. The third-order valence-electron chi connectivity index (χ3n) is 2.12. The minimum Gasteiger partial charge on any atom is -0.394 e. The number of carbonyl (C=O) groups is 1. The highest BCUT2D eigenvalue weighted by Gasteiger charge is 2.09. The monoisotopic (exact) mass is 223 g/mol. The molecule has 0 spiro atoms.